The highest BCUT2D eigenvalue weighted by Crippen LogP contribution is 2.30. The van der Waals surface area contributed by atoms with Crippen molar-refractivity contribution in [2.24, 2.45) is 0 Å². The van der Waals surface area contributed by atoms with Crippen molar-refractivity contribution in [3.8, 4) is 5.75 Å². The van der Waals surface area contributed by atoms with Gasteiger partial charge in [0, 0.05) is 6.54 Å². The van der Waals surface area contributed by atoms with E-state index >= 15 is 0 Å². The first-order chi connectivity index (χ1) is 10.4. The SMILES string of the molecule is O=C(NCCOc1ccc(C(F)(F)F)cc1)[C@H]1C[C@H](O)CN1. The summed E-state index contributed by atoms with van der Waals surface area (Å²) in [5.41, 5.74) is -0.737. The van der Waals surface area contributed by atoms with Crippen LogP contribution >= 0.6 is 0 Å². The molecule has 1 fully saturated rings. The second-order valence-electron chi connectivity index (χ2n) is 5.01. The number of rotatable bonds is 5. The van der Waals surface area contributed by atoms with Crippen LogP contribution in [0.25, 0.3) is 0 Å². The van der Waals surface area contributed by atoms with E-state index in [9.17, 15) is 23.1 Å². The minimum Gasteiger partial charge on any atom is -0.492 e. The Hall–Kier alpha value is -1.80. The zero-order chi connectivity index (χ0) is 16.2. The summed E-state index contributed by atoms with van der Waals surface area (Å²) in [6, 6.07) is 3.94. The number of halogens is 3. The Bertz CT molecular complexity index is 505. The minimum absolute atomic E-state index is 0.145. The van der Waals surface area contributed by atoms with Gasteiger partial charge in [-0.05, 0) is 30.7 Å². The number of amides is 1. The molecule has 2 rings (SSSR count). The molecule has 122 valence electrons. The van der Waals surface area contributed by atoms with Crippen LogP contribution in [0.15, 0.2) is 24.3 Å². The van der Waals surface area contributed by atoms with E-state index in [0.717, 1.165) is 12.1 Å². The van der Waals surface area contributed by atoms with Gasteiger partial charge in [0.05, 0.1) is 24.3 Å². The van der Waals surface area contributed by atoms with Gasteiger partial charge in [-0.15, -0.1) is 0 Å². The zero-order valence-corrected chi connectivity index (χ0v) is 11.7. The first-order valence-corrected chi connectivity index (χ1v) is 6.85. The lowest BCUT2D eigenvalue weighted by atomic mass is 10.2. The van der Waals surface area contributed by atoms with E-state index in [4.69, 9.17) is 4.74 Å². The third-order valence-electron chi connectivity index (χ3n) is 3.28. The Morgan fingerprint density at radius 2 is 2.05 bits per heavy atom. The number of alkyl halides is 3. The predicted molar refractivity (Wildman–Crippen MR) is 72.4 cm³/mol. The lowest BCUT2D eigenvalue weighted by molar-refractivity contribution is -0.137. The van der Waals surface area contributed by atoms with Crippen LogP contribution in [-0.4, -0.2) is 42.9 Å². The van der Waals surface area contributed by atoms with Gasteiger partial charge in [0.2, 0.25) is 5.91 Å². The molecule has 2 atom stereocenters. The normalized spacial score (nSPS) is 21.6. The van der Waals surface area contributed by atoms with Gasteiger partial charge >= 0.3 is 6.18 Å². The van der Waals surface area contributed by atoms with Crippen molar-refractivity contribution in [1.82, 2.24) is 10.6 Å². The van der Waals surface area contributed by atoms with Gasteiger partial charge in [0.15, 0.2) is 0 Å². The third-order valence-corrected chi connectivity index (χ3v) is 3.28. The molecule has 1 aliphatic rings. The highest BCUT2D eigenvalue weighted by atomic mass is 19.4. The number of hydrogen-bond donors (Lipinski definition) is 3. The average molecular weight is 318 g/mol. The van der Waals surface area contributed by atoms with E-state index in [-0.39, 0.29) is 19.1 Å². The Morgan fingerprint density at radius 1 is 1.36 bits per heavy atom. The molecule has 0 aliphatic carbocycles. The molecule has 5 nitrogen and oxygen atoms in total. The van der Waals surface area contributed by atoms with E-state index in [0.29, 0.717) is 18.7 Å². The molecular formula is C14H17F3N2O3. The van der Waals surface area contributed by atoms with Crippen molar-refractivity contribution in [3.05, 3.63) is 29.8 Å². The van der Waals surface area contributed by atoms with Crippen molar-refractivity contribution in [2.45, 2.75) is 24.7 Å². The molecule has 3 N–H and O–H groups in total. The summed E-state index contributed by atoms with van der Waals surface area (Å²) < 4.78 is 42.4. The van der Waals surface area contributed by atoms with Crippen molar-refractivity contribution in [1.29, 1.82) is 0 Å². The predicted octanol–water partition coefficient (Wildman–Crippen LogP) is 0.923. The van der Waals surface area contributed by atoms with E-state index in [1.165, 1.54) is 12.1 Å². The molecule has 8 heteroatoms. The molecule has 0 saturated carbocycles. The van der Waals surface area contributed by atoms with Gasteiger partial charge in [-0.1, -0.05) is 0 Å². The maximum absolute atomic E-state index is 12.4. The van der Waals surface area contributed by atoms with Crippen LogP contribution in [0.1, 0.15) is 12.0 Å². The summed E-state index contributed by atoms with van der Waals surface area (Å²) >= 11 is 0. The van der Waals surface area contributed by atoms with E-state index < -0.39 is 23.9 Å². The molecule has 1 heterocycles. The fourth-order valence-electron chi connectivity index (χ4n) is 2.12. The fraction of sp³-hybridized carbons (Fsp3) is 0.500. The highest BCUT2D eigenvalue weighted by Gasteiger charge is 2.30. The van der Waals surface area contributed by atoms with E-state index in [1.54, 1.807) is 0 Å². The Morgan fingerprint density at radius 3 is 2.59 bits per heavy atom. The van der Waals surface area contributed by atoms with Crippen LogP contribution in [0.2, 0.25) is 0 Å². The molecule has 22 heavy (non-hydrogen) atoms. The standard InChI is InChI=1S/C14H17F3N2O3/c15-14(16,17)9-1-3-11(4-2-9)22-6-5-18-13(21)12-7-10(20)8-19-12/h1-4,10,12,19-20H,5-8H2,(H,18,21)/t10-,12+/m0/s1. The van der Waals surface area contributed by atoms with E-state index in [1.807, 2.05) is 0 Å². The third kappa shape index (κ3) is 4.60. The van der Waals surface area contributed by atoms with Gasteiger partial charge in [0.25, 0.3) is 0 Å². The first-order valence-electron chi connectivity index (χ1n) is 6.85. The lowest BCUT2D eigenvalue weighted by Crippen LogP contribution is -2.41. The zero-order valence-electron chi connectivity index (χ0n) is 11.7. The van der Waals surface area contributed by atoms with Crippen molar-refractivity contribution >= 4 is 5.91 Å². The fourth-order valence-corrected chi connectivity index (χ4v) is 2.12. The molecule has 0 unspecified atom stereocenters. The van der Waals surface area contributed by atoms with Crippen LogP contribution < -0.4 is 15.4 Å². The Labute approximate surface area is 125 Å². The first kappa shape index (κ1) is 16.6. The van der Waals surface area contributed by atoms with Gasteiger partial charge in [-0.3, -0.25) is 4.79 Å². The highest BCUT2D eigenvalue weighted by molar-refractivity contribution is 5.82. The number of nitrogens with one attached hydrogen (secondary N) is 2. The molecule has 1 saturated heterocycles. The lowest BCUT2D eigenvalue weighted by Gasteiger charge is -2.12. The van der Waals surface area contributed by atoms with Crippen LogP contribution in [0.3, 0.4) is 0 Å². The second kappa shape index (κ2) is 6.97. The maximum Gasteiger partial charge on any atom is 0.416 e. The molecule has 0 radical (unpaired) electrons. The van der Waals surface area contributed by atoms with Crippen molar-refractivity contribution in [3.63, 3.8) is 0 Å². The van der Waals surface area contributed by atoms with Crippen molar-refractivity contribution < 1.29 is 27.8 Å². The molecule has 1 amide bonds. The van der Waals surface area contributed by atoms with Crippen LogP contribution in [-0.2, 0) is 11.0 Å². The molecule has 1 aromatic rings. The smallest absolute Gasteiger partial charge is 0.416 e. The molecule has 0 bridgehead atoms. The average Bonchev–Trinajstić information content (AvgIpc) is 2.89. The summed E-state index contributed by atoms with van der Waals surface area (Å²) in [4.78, 5) is 11.7. The minimum atomic E-state index is -4.37. The summed E-state index contributed by atoms with van der Waals surface area (Å²) in [6.45, 7) is 0.765. The number of carbonyl (C=O) groups excluding carboxylic acids is 1. The number of ether oxygens (including phenoxy) is 1. The monoisotopic (exact) mass is 318 g/mol. The molecular weight excluding hydrogens is 301 g/mol. The number of carbonyl (C=O) groups is 1. The summed E-state index contributed by atoms with van der Waals surface area (Å²) in [7, 11) is 0. The van der Waals surface area contributed by atoms with E-state index in [2.05, 4.69) is 10.6 Å². The van der Waals surface area contributed by atoms with Gasteiger partial charge in [-0.25, -0.2) is 0 Å². The number of aliphatic hydroxyl groups excluding tert-OH is 1. The Kier molecular flexibility index (Phi) is 5.25. The molecule has 1 aromatic carbocycles. The van der Waals surface area contributed by atoms with Crippen LogP contribution in [0.4, 0.5) is 13.2 Å². The van der Waals surface area contributed by atoms with Gasteiger partial charge in [-0.2, -0.15) is 13.2 Å². The largest absolute Gasteiger partial charge is 0.492 e. The molecule has 0 spiro atoms. The number of aliphatic hydroxyl groups is 1. The number of β-amino-alcohol motifs (C(OH)–C–C–N with tert-alkyl or cyclic N) is 1. The quantitative estimate of drug-likeness (QED) is 0.706. The summed E-state index contributed by atoms with van der Waals surface area (Å²) in [5, 5.41) is 14.8. The topological polar surface area (TPSA) is 70.6 Å². The molecule has 1 aliphatic heterocycles. The Balaban J connectivity index is 1.69. The number of hydrogen-bond acceptors (Lipinski definition) is 4. The van der Waals surface area contributed by atoms with Gasteiger partial charge < -0.3 is 20.5 Å². The molecule has 0 aromatic heterocycles. The summed E-state index contributed by atoms with van der Waals surface area (Å²) in [6.07, 6.45) is -4.52. The maximum atomic E-state index is 12.4. The number of benzene rings is 1. The second-order valence-corrected chi connectivity index (χ2v) is 5.01. The van der Waals surface area contributed by atoms with Crippen molar-refractivity contribution in [2.75, 3.05) is 19.7 Å². The van der Waals surface area contributed by atoms with Crippen LogP contribution in [0.5, 0.6) is 5.75 Å². The summed E-state index contributed by atoms with van der Waals surface area (Å²) in [5.74, 6) is 0.0734. The van der Waals surface area contributed by atoms with Gasteiger partial charge in [0.1, 0.15) is 12.4 Å². The van der Waals surface area contributed by atoms with Crippen LogP contribution in [0, 0.1) is 0 Å².